The van der Waals surface area contributed by atoms with Crippen LogP contribution in [0.2, 0.25) is 0 Å². The maximum atomic E-state index is 2.28. The fourth-order valence-electron chi connectivity index (χ4n) is 1.64. The lowest BCUT2D eigenvalue weighted by Gasteiger charge is -2.01. The molecule has 0 saturated carbocycles. The average Bonchev–Trinajstić information content (AvgIpc) is 2.50. The number of hydrogen-bond acceptors (Lipinski definition) is 7. The molecule has 0 aromatic heterocycles. The van der Waals surface area contributed by atoms with Gasteiger partial charge in [0.05, 0.1) is 0 Å². The van der Waals surface area contributed by atoms with E-state index in [1.54, 1.807) is 10.8 Å². The number of allylic oxidation sites excluding steroid dienone is 5. The molecule has 0 amide bonds. The highest BCUT2D eigenvalue weighted by Gasteiger charge is 1.96. The van der Waals surface area contributed by atoms with Crippen LogP contribution in [0.4, 0.5) is 0 Å². The Labute approximate surface area is 156 Å². The first-order valence-electron chi connectivity index (χ1n) is 7.10. The minimum Gasteiger partial charge on any atom is -0.0845 e. The first-order chi connectivity index (χ1) is 10.5. The second-order valence-corrected chi connectivity index (χ2v) is 15.5. The van der Waals surface area contributed by atoms with Gasteiger partial charge in [-0.1, -0.05) is 77.7 Å². The van der Waals surface area contributed by atoms with E-state index in [0.717, 1.165) is 0 Å². The predicted molar refractivity (Wildman–Crippen MR) is 118 cm³/mol. The first-order valence-corrected chi connectivity index (χ1v) is 16.1. The quantitative estimate of drug-likeness (QED) is 0.358. The molecule has 0 N–H and O–H groups in total. The SMILES string of the molecule is C1=CC=CSSSSSSSCCCCCCCCC=C1. The van der Waals surface area contributed by atoms with Crippen molar-refractivity contribution in [2.24, 2.45) is 0 Å². The molecule has 0 saturated heterocycles. The molecule has 0 atom stereocenters. The van der Waals surface area contributed by atoms with Crippen LogP contribution in [0, 0.1) is 0 Å². The van der Waals surface area contributed by atoms with E-state index in [1.165, 1.54) is 50.7 Å². The van der Waals surface area contributed by atoms with Crippen molar-refractivity contribution in [3.05, 3.63) is 35.8 Å². The molecule has 0 spiro atoms. The predicted octanol–water partition coefficient (Wildman–Crippen LogP) is 8.98. The average molecular weight is 415 g/mol. The molecule has 21 heavy (non-hydrogen) atoms. The van der Waals surface area contributed by atoms with Crippen molar-refractivity contribution >= 4 is 70.7 Å². The van der Waals surface area contributed by atoms with Crippen molar-refractivity contribution in [2.75, 3.05) is 5.75 Å². The van der Waals surface area contributed by atoms with Crippen molar-refractivity contribution in [3.63, 3.8) is 0 Å². The molecular weight excluding hydrogens is 393 g/mol. The minimum atomic E-state index is 1.22. The fourth-order valence-corrected chi connectivity index (χ4v) is 15.2. The lowest BCUT2D eigenvalue weighted by atomic mass is 10.1. The van der Waals surface area contributed by atoms with Crippen LogP contribution in [0.1, 0.15) is 44.9 Å². The molecule has 0 aliphatic carbocycles. The Morgan fingerprint density at radius 2 is 1.29 bits per heavy atom. The first kappa shape index (κ1) is 20.7. The third-order valence-electron chi connectivity index (χ3n) is 2.65. The number of rotatable bonds is 0. The largest absolute Gasteiger partial charge is 0.0845 e. The van der Waals surface area contributed by atoms with Crippen molar-refractivity contribution in [1.82, 2.24) is 0 Å². The zero-order valence-corrected chi connectivity index (χ0v) is 17.7. The summed E-state index contributed by atoms with van der Waals surface area (Å²) in [5, 5.41) is 2.14. The molecular formula is C14H22S7. The van der Waals surface area contributed by atoms with Crippen molar-refractivity contribution in [2.45, 2.75) is 44.9 Å². The van der Waals surface area contributed by atoms with E-state index >= 15 is 0 Å². The van der Waals surface area contributed by atoms with Gasteiger partial charge in [-0.2, -0.15) is 0 Å². The van der Waals surface area contributed by atoms with Gasteiger partial charge < -0.3 is 0 Å². The summed E-state index contributed by atoms with van der Waals surface area (Å²) in [6.45, 7) is 0. The van der Waals surface area contributed by atoms with Gasteiger partial charge in [0, 0.05) is 5.75 Å². The molecule has 0 bridgehead atoms. The lowest BCUT2D eigenvalue weighted by Crippen LogP contribution is -1.81. The van der Waals surface area contributed by atoms with Gasteiger partial charge in [-0.25, -0.2) is 0 Å². The van der Waals surface area contributed by atoms with E-state index in [0.29, 0.717) is 0 Å². The van der Waals surface area contributed by atoms with E-state index in [4.69, 9.17) is 0 Å². The van der Waals surface area contributed by atoms with Gasteiger partial charge in [-0.05, 0) is 73.8 Å². The van der Waals surface area contributed by atoms with Gasteiger partial charge in [-0.15, -0.1) is 0 Å². The smallest absolute Gasteiger partial charge is 0.00454 e. The van der Waals surface area contributed by atoms with E-state index in [2.05, 4.69) is 35.8 Å². The molecule has 1 aliphatic rings. The zero-order chi connectivity index (χ0) is 14.8. The van der Waals surface area contributed by atoms with Crippen LogP contribution in [-0.2, 0) is 0 Å². The maximum Gasteiger partial charge on any atom is 0.00454 e. The van der Waals surface area contributed by atoms with E-state index < -0.39 is 0 Å². The molecule has 0 aromatic rings. The van der Waals surface area contributed by atoms with Gasteiger partial charge >= 0.3 is 0 Å². The summed E-state index contributed by atoms with van der Waals surface area (Å²) in [7, 11) is 13.1. The summed E-state index contributed by atoms with van der Waals surface area (Å²) in [5.41, 5.74) is 0. The normalized spacial score (nSPS) is 21.7. The van der Waals surface area contributed by atoms with Crippen LogP contribution in [0.5, 0.6) is 0 Å². The topological polar surface area (TPSA) is 0 Å². The summed E-state index contributed by atoms with van der Waals surface area (Å²) in [4.78, 5) is 0. The van der Waals surface area contributed by atoms with Crippen LogP contribution in [0.15, 0.2) is 35.8 Å². The Bertz CT molecular complexity index is 274. The molecule has 0 aromatic carbocycles. The van der Waals surface area contributed by atoms with E-state index in [-0.39, 0.29) is 0 Å². The molecule has 0 unspecified atom stereocenters. The second kappa shape index (κ2) is 18.0. The highest BCUT2D eigenvalue weighted by Crippen LogP contribution is 2.55. The van der Waals surface area contributed by atoms with Crippen molar-refractivity contribution in [1.29, 1.82) is 0 Å². The Balaban J connectivity index is 2.17. The summed E-state index contributed by atoms with van der Waals surface area (Å²) in [6.07, 6.45) is 20.3. The summed E-state index contributed by atoms with van der Waals surface area (Å²) in [6, 6.07) is 0. The molecule has 1 heterocycles. The maximum absolute atomic E-state index is 2.28. The van der Waals surface area contributed by atoms with Gasteiger partial charge in [-0.3, -0.25) is 0 Å². The monoisotopic (exact) mass is 414 g/mol. The van der Waals surface area contributed by atoms with Gasteiger partial charge in [0.2, 0.25) is 0 Å². The molecule has 0 radical (unpaired) electrons. The zero-order valence-electron chi connectivity index (χ0n) is 12.0. The van der Waals surface area contributed by atoms with Crippen LogP contribution < -0.4 is 0 Å². The summed E-state index contributed by atoms with van der Waals surface area (Å²) >= 11 is 0. The van der Waals surface area contributed by atoms with E-state index in [9.17, 15) is 0 Å². The summed E-state index contributed by atoms with van der Waals surface area (Å²) in [5.74, 6) is 1.29. The van der Waals surface area contributed by atoms with E-state index in [1.807, 2.05) is 59.9 Å². The third-order valence-corrected chi connectivity index (χ3v) is 15.4. The number of hydrogen-bond donors (Lipinski definition) is 0. The molecule has 120 valence electrons. The Morgan fingerprint density at radius 1 is 0.571 bits per heavy atom. The molecule has 0 fully saturated rings. The van der Waals surface area contributed by atoms with Gasteiger partial charge in [0.1, 0.15) is 0 Å². The van der Waals surface area contributed by atoms with Gasteiger partial charge in [0.15, 0.2) is 0 Å². The molecule has 7 heteroatoms. The van der Waals surface area contributed by atoms with Crippen LogP contribution in [0.3, 0.4) is 0 Å². The lowest BCUT2D eigenvalue weighted by molar-refractivity contribution is 0.613. The highest BCUT2D eigenvalue weighted by atomic mass is 33.9. The third kappa shape index (κ3) is 16.3. The molecule has 1 rings (SSSR count). The molecule has 0 nitrogen and oxygen atoms in total. The van der Waals surface area contributed by atoms with Crippen LogP contribution >= 0.6 is 70.7 Å². The van der Waals surface area contributed by atoms with Crippen LogP contribution in [0.25, 0.3) is 0 Å². The van der Waals surface area contributed by atoms with Gasteiger partial charge in [0.25, 0.3) is 0 Å². The second-order valence-electron chi connectivity index (χ2n) is 4.31. The molecule has 1 aliphatic heterocycles. The van der Waals surface area contributed by atoms with Crippen molar-refractivity contribution < 1.29 is 0 Å². The Morgan fingerprint density at radius 3 is 2.24 bits per heavy atom. The summed E-state index contributed by atoms with van der Waals surface area (Å²) < 4.78 is 0. The van der Waals surface area contributed by atoms with Crippen molar-refractivity contribution in [3.8, 4) is 0 Å². The fraction of sp³-hybridized carbons (Fsp3) is 0.571. The Kier molecular flexibility index (Phi) is 17.8. The highest BCUT2D eigenvalue weighted by molar-refractivity contribution is 9.46. The Hall–Kier alpha value is 1.67. The van der Waals surface area contributed by atoms with Crippen LogP contribution in [-0.4, -0.2) is 5.75 Å². The minimum absolute atomic E-state index is 1.22. The standard InChI is InChI=1S/C14H22S7/c1-2-4-6-8-10-12-14-16-18-20-21-19-17-15-13-11-9-7-5-3-1/h3,5,7,9,11,13H,1-2,4,6,8,10,12,14H2.